The SMILES string of the molecule is COCCN(CC(=O)N(C)C)C(=O)[C@H](N)CC(C)C. The van der Waals surface area contributed by atoms with Gasteiger partial charge in [-0.05, 0) is 12.3 Å². The number of likely N-dealkylation sites (N-methyl/N-ethyl adjacent to an activating group) is 1. The van der Waals surface area contributed by atoms with Gasteiger partial charge >= 0.3 is 0 Å². The van der Waals surface area contributed by atoms with Crippen molar-refractivity contribution < 1.29 is 14.3 Å². The van der Waals surface area contributed by atoms with Gasteiger partial charge in [0.25, 0.3) is 0 Å². The minimum atomic E-state index is -0.563. The smallest absolute Gasteiger partial charge is 0.241 e. The van der Waals surface area contributed by atoms with E-state index in [2.05, 4.69) is 0 Å². The van der Waals surface area contributed by atoms with Gasteiger partial charge in [-0.1, -0.05) is 13.8 Å². The van der Waals surface area contributed by atoms with Crippen LogP contribution < -0.4 is 5.73 Å². The Morgan fingerprint density at radius 3 is 2.26 bits per heavy atom. The zero-order valence-corrected chi connectivity index (χ0v) is 12.7. The van der Waals surface area contributed by atoms with Crippen LogP contribution in [0.15, 0.2) is 0 Å². The van der Waals surface area contributed by atoms with Crippen LogP contribution in [0.1, 0.15) is 20.3 Å². The van der Waals surface area contributed by atoms with Crippen molar-refractivity contribution in [3.05, 3.63) is 0 Å². The zero-order valence-electron chi connectivity index (χ0n) is 12.7. The van der Waals surface area contributed by atoms with E-state index in [0.717, 1.165) is 0 Å². The fourth-order valence-electron chi connectivity index (χ4n) is 1.62. The Balaban J connectivity index is 4.63. The van der Waals surface area contributed by atoms with E-state index in [9.17, 15) is 9.59 Å². The molecule has 0 aromatic heterocycles. The van der Waals surface area contributed by atoms with Crippen LogP contribution in [0.5, 0.6) is 0 Å². The maximum absolute atomic E-state index is 12.2. The first kappa shape index (κ1) is 17.9. The summed E-state index contributed by atoms with van der Waals surface area (Å²) in [6.07, 6.45) is 0.610. The Bertz CT molecular complexity index is 293. The molecule has 0 aliphatic carbocycles. The number of hydrogen-bond acceptors (Lipinski definition) is 4. The summed E-state index contributed by atoms with van der Waals surface area (Å²) in [4.78, 5) is 26.9. The maximum Gasteiger partial charge on any atom is 0.241 e. The van der Waals surface area contributed by atoms with Gasteiger partial charge in [0, 0.05) is 27.7 Å². The van der Waals surface area contributed by atoms with Crippen molar-refractivity contribution in [3.8, 4) is 0 Å². The Kier molecular flexibility index (Phi) is 8.34. The largest absolute Gasteiger partial charge is 0.383 e. The molecule has 6 heteroatoms. The molecule has 1 atom stereocenters. The molecule has 0 saturated carbocycles. The van der Waals surface area contributed by atoms with Crippen molar-refractivity contribution in [2.75, 3.05) is 40.9 Å². The number of hydrogen-bond donors (Lipinski definition) is 1. The molecule has 0 spiro atoms. The number of nitrogens with zero attached hydrogens (tertiary/aromatic N) is 2. The quantitative estimate of drug-likeness (QED) is 0.671. The molecule has 0 saturated heterocycles. The van der Waals surface area contributed by atoms with E-state index in [4.69, 9.17) is 10.5 Å². The first-order valence-electron chi connectivity index (χ1n) is 6.53. The number of amides is 2. The number of carbonyl (C=O) groups excluding carboxylic acids is 2. The summed E-state index contributed by atoms with van der Waals surface area (Å²) in [6, 6.07) is -0.563. The minimum Gasteiger partial charge on any atom is -0.383 e. The van der Waals surface area contributed by atoms with Crippen molar-refractivity contribution in [1.29, 1.82) is 0 Å². The highest BCUT2D eigenvalue weighted by Gasteiger charge is 2.24. The van der Waals surface area contributed by atoms with Gasteiger partial charge in [-0.15, -0.1) is 0 Å². The van der Waals surface area contributed by atoms with Crippen molar-refractivity contribution in [2.24, 2.45) is 11.7 Å². The van der Waals surface area contributed by atoms with E-state index in [-0.39, 0.29) is 18.4 Å². The van der Waals surface area contributed by atoms with E-state index >= 15 is 0 Å². The topological polar surface area (TPSA) is 75.9 Å². The molecule has 112 valence electrons. The molecule has 0 fully saturated rings. The van der Waals surface area contributed by atoms with Crippen LogP contribution in [0.3, 0.4) is 0 Å². The number of carbonyl (C=O) groups is 2. The molecular weight excluding hydrogens is 246 g/mol. The average Bonchev–Trinajstić information content (AvgIpc) is 2.32. The second-order valence-electron chi connectivity index (χ2n) is 5.28. The van der Waals surface area contributed by atoms with Crippen LogP contribution in [-0.2, 0) is 14.3 Å². The molecule has 0 aromatic carbocycles. The third kappa shape index (κ3) is 7.12. The first-order chi connectivity index (χ1) is 8.79. The summed E-state index contributed by atoms with van der Waals surface area (Å²) in [5.41, 5.74) is 5.89. The third-order valence-corrected chi connectivity index (χ3v) is 2.74. The Hall–Kier alpha value is -1.14. The van der Waals surface area contributed by atoms with Gasteiger partial charge in [0.05, 0.1) is 19.2 Å². The summed E-state index contributed by atoms with van der Waals surface area (Å²) in [5.74, 6) is 0.0231. The monoisotopic (exact) mass is 273 g/mol. The minimum absolute atomic E-state index is 0.0426. The Morgan fingerprint density at radius 1 is 1.26 bits per heavy atom. The molecule has 0 aliphatic rings. The highest BCUT2D eigenvalue weighted by atomic mass is 16.5. The van der Waals surface area contributed by atoms with Gasteiger partial charge in [-0.3, -0.25) is 9.59 Å². The van der Waals surface area contributed by atoms with Crippen LogP contribution in [0.2, 0.25) is 0 Å². The van der Waals surface area contributed by atoms with E-state index in [1.54, 1.807) is 21.2 Å². The van der Waals surface area contributed by atoms with Crippen LogP contribution in [0.4, 0.5) is 0 Å². The van der Waals surface area contributed by atoms with Gasteiger partial charge in [0.15, 0.2) is 0 Å². The fourth-order valence-corrected chi connectivity index (χ4v) is 1.62. The fraction of sp³-hybridized carbons (Fsp3) is 0.846. The second kappa shape index (κ2) is 8.87. The van der Waals surface area contributed by atoms with Crippen LogP contribution in [0, 0.1) is 5.92 Å². The van der Waals surface area contributed by atoms with Gasteiger partial charge in [-0.25, -0.2) is 0 Å². The molecule has 2 amide bonds. The third-order valence-electron chi connectivity index (χ3n) is 2.74. The molecule has 19 heavy (non-hydrogen) atoms. The average molecular weight is 273 g/mol. The Labute approximate surface area is 115 Å². The van der Waals surface area contributed by atoms with Gasteiger partial charge in [-0.2, -0.15) is 0 Å². The first-order valence-corrected chi connectivity index (χ1v) is 6.53. The maximum atomic E-state index is 12.2. The molecule has 0 bridgehead atoms. The van der Waals surface area contributed by atoms with Gasteiger partial charge in [0.2, 0.25) is 11.8 Å². The number of methoxy groups -OCH3 is 1. The lowest BCUT2D eigenvalue weighted by molar-refractivity contribution is -0.140. The lowest BCUT2D eigenvalue weighted by Gasteiger charge is -2.26. The van der Waals surface area contributed by atoms with E-state index < -0.39 is 6.04 Å². The molecule has 0 unspecified atom stereocenters. The van der Waals surface area contributed by atoms with Crippen molar-refractivity contribution in [3.63, 3.8) is 0 Å². The molecule has 0 aliphatic heterocycles. The van der Waals surface area contributed by atoms with Crippen molar-refractivity contribution in [2.45, 2.75) is 26.3 Å². The lowest BCUT2D eigenvalue weighted by atomic mass is 10.0. The van der Waals surface area contributed by atoms with Crippen LogP contribution in [-0.4, -0.2) is 68.6 Å². The second-order valence-corrected chi connectivity index (χ2v) is 5.28. The molecule has 0 radical (unpaired) electrons. The predicted molar refractivity (Wildman–Crippen MR) is 74.6 cm³/mol. The normalized spacial score (nSPS) is 12.4. The molecule has 2 N–H and O–H groups in total. The van der Waals surface area contributed by atoms with Crippen molar-refractivity contribution >= 4 is 11.8 Å². The molecular formula is C13H27N3O3. The van der Waals surface area contributed by atoms with Crippen LogP contribution in [0.25, 0.3) is 0 Å². The number of nitrogens with two attached hydrogens (primary N) is 1. The zero-order chi connectivity index (χ0) is 15.0. The van der Waals surface area contributed by atoms with Gasteiger partial charge in [0.1, 0.15) is 0 Å². The van der Waals surface area contributed by atoms with Gasteiger partial charge < -0.3 is 20.3 Å². The summed E-state index contributed by atoms with van der Waals surface area (Å²) < 4.78 is 4.97. The molecule has 0 rings (SSSR count). The van der Waals surface area contributed by atoms with E-state index in [1.807, 2.05) is 13.8 Å². The summed E-state index contributed by atoms with van der Waals surface area (Å²) in [7, 11) is 4.88. The molecule has 0 aromatic rings. The summed E-state index contributed by atoms with van der Waals surface area (Å²) in [5, 5.41) is 0. The summed E-state index contributed by atoms with van der Waals surface area (Å²) in [6.45, 7) is 4.83. The molecule has 0 heterocycles. The van der Waals surface area contributed by atoms with E-state index in [1.165, 1.54) is 9.80 Å². The van der Waals surface area contributed by atoms with Crippen molar-refractivity contribution in [1.82, 2.24) is 9.80 Å². The Morgan fingerprint density at radius 2 is 1.84 bits per heavy atom. The predicted octanol–water partition coefficient (Wildman–Crippen LogP) is -0.0770. The standard InChI is InChI=1S/C13H27N3O3/c1-10(2)8-11(14)13(18)16(6-7-19-5)9-12(17)15(3)4/h10-11H,6-9,14H2,1-5H3/t11-/m1/s1. The lowest BCUT2D eigenvalue weighted by Crippen LogP contribution is -2.49. The highest BCUT2D eigenvalue weighted by molar-refractivity contribution is 5.87. The molecule has 6 nitrogen and oxygen atoms in total. The van der Waals surface area contributed by atoms with E-state index in [0.29, 0.717) is 25.5 Å². The number of ether oxygens (including phenoxy) is 1. The number of rotatable bonds is 8. The highest BCUT2D eigenvalue weighted by Crippen LogP contribution is 2.06. The van der Waals surface area contributed by atoms with Crippen LogP contribution >= 0.6 is 0 Å². The summed E-state index contributed by atoms with van der Waals surface area (Å²) >= 11 is 0.